The molecule has 116 valence electrons. The zero-order chi connectivity index (χ0) is 14.4. The molecule has 21 heavy (non-hydrogen) atoms. The number of nitrogens with zero attached hydrogens (tertiary/aromatic N) is 2. The molecule has 0 unspecified atom stereocenters. The zero-order valence-corrected chi connectivity index (χ0v) is 12.4. The lowest BCUT2D eigenvalue weighted by Crippen LogP contribution is -2.33. The van der Waals surface area contributed by atoms with Crippen LogP contribution >= 0.6 is 0 Å². The van der Waals surface area contributed by atoms with Crippen LogP contribution in [0.5, 0.6) is 0 Å². The third kappa shape index (κ3) is 5.22. The Hall–Kier alpha value is -1.83. The molecule has 3 nitrogen and oxygen atoms in total. The van der Waals surface area contributed by atoms with Crippen molar-refractivity contribution in [1.82, 2.24) is 9.88 Å². The van der Waals surface area contributed by atoms with Crippen molar-refractivity contribution in [2.24, 2.45) is 0 Å². The van der Waals surface area contributed by atoms with Crippen molar-refractivity contribution in [2.45, 2.75) is 34.1 Å². The SMILES string of the molecule is C.C=C=C1CCN(C/C(=C\C)Nc2ccc(C)cn2)CC1.[HH]. The van der Waals surface area contributed by atoms with Gasteiger partial charge in [-0.05, 0) is 43.9 Å². The van der Waals surface area contributed by atoms with Gasteiger partial charge in [0.25, 0.3) is 0 Å². The van der Waals surface area contributed by atoms with Gasteiger partial charge in [-0.15, -0.1) is 5.73 Å². The van der Waals surface area contributed by atoms with Gasteiger partial charge in [-0.3, -0.25) is 4.90 Å². The van der Waals surface area contributed by atoms with E-state index in [1.807, 2.05) is 19.2 Å². The second-order valence-corrected chi connectivity index (χ2v) is 5.22. The van der Waals surface area contributed by atoms with E-state index >= 15 is 0 Å². The van der Waals surface area contributed by atoms with Crippen LogP contribution in [0.3, 0.4) is 0 Å². The maximum absolute atomic E-state index is 4.39. The number of hydrogen-bond acceptors (Lipinski definition) is 3. The molecule has 1 aromatic heterocycles. The van der Waals surface area contributed by atoms with Crippen LogP contribution in [-0.2, 0) is 0 Å². The largest absolute Gasteiger partial charge is 0.343 e. The molecule has 1 fully saturated rings. The highest BCUT2D eigenvalue weighted by atomic mass is 15.2. The van der Waals surface area contributed by atoms with Crippen LogP contribution in [-0.4, -0.2) is 29.5 Å². The lowest BCUT2D eigenvalue weighted by atomic mass is 10.1. The highest BCUT2D eigenvalue weighted by molar-refractivity contribution is 5.42. The second-order valence-electron chi connectivity index (χ2n) is 5.22. The van der Waals surface area contributed by atoms with E-state index in [0.29, 0.717) is 0 Å². The van der Waals surface area contributed by atoms with Crippen molar-refractivity contribution in [3.05, 3.63) is 53.5 Å². The van der Waals surface area contributed by atoms with E-state index in [4.69, 9.17) is 0 Å². The topological polar surface area (TPSA) is 28.2 Å². The molecular formula is C18H29N3. The van der Waals surface area contributed by atoms with Crippen molar-refractivity contribution >= 4 is 5.82 Å². The summed E-state index contributed by atoms with van der Waals surface area (Å²) in [6, 6.07) is 4.10. The van der Waals surface area contributed by atoms with Crippen LogP contribution < -0.4 is 5.32 Å². The molecule has 0 aliphatic carbocycles. The van der Waals surface area contributed by atoms with Crippen molar-refractivity contribution in [3.63, 3.8) is 0 Å². The number of aromatic nitrogens is 1. The Morgan fingerprint density at radius 1 is 1.48 bits per heavy atom. The molecule has 2 rings (SSSR count). The van der Waals surface area contributed by atoms with Gasteiger partial charge < -0.3 is 5.32 Å². The van der Waals surface area contributed by atoms with Gasteiger partial charge in [0, 0.05) is 33.0 Å². The standard InChI is InChI=1S/C17H23N3.CH4.H2/c1-4-15-8-10-20(11-9-15)13-16(5-2)19-17-7-6-14(3)12-18-17;;/h5-7,12H,1,8-11,13H2,2-3H3,(H,18,19);1H4;1H/b16-5+;;. The molecule has 1 aliphatic heterocycles. The average molecular weight is 287 g/mol. The quantitative estimate of drug-likeness (QED) is 0.832. The summed E-state index contributed by atoms with van der Waals surface area (Å²) in [6.07, 6.45) is 6.19. The summed E-state index contributed by atoms with van der Waals surface area (Å²) >= 11 is 0. The van der Waals surface area contributed by atoms with E-state index in [0.717, 1.165) is 38.3 Å². The third-order valence-corrected chi connectivity index (χ3v) is 3.65. The number of piperidine rings is 1. The highest BCUT2D eigenvalue weighted by Crippen LogP contribution is 2.16. The Morgan fingerprint density at radius 2 is 2.19 bits per heavy atom. The maximum Gasteiger partial charge on any atom is 0.130 e. The minimum atomic E-state index is 0. The zero-order valence-electron chi connectivity index (χ0n) is 12.4. The Labute approximate surface area is 130 Å². The summed E-state index contributed by atoms with van der Waals surface area (Å²) in [4.78, 5) is 6.85. The van der Waals surface area contributed by atoms with Crippen molar-refractivity contribution in [2.75, 3.05) is 25.0 Å². The van der Waals surface area contributed by atoms with Gasteiger partial charge in [0.15, 0.2) is 0 Å². The van der Waals surface area contributed by atoms with Gasteiger partial charge in [0.05, 0.1) is 0 Å². The minimum absolute atomic E-state index is 0. The summed E-state index contributed by atoms with van der Waals surface area (Å²) in [5.74, 6) is 0.910. The first-order valence-corrected chi connectivity index (χ1v) is 7.16. The molecule has 1 saturated heterocycles. The Balaban J connectivity index is 0.00000220. The van der Waals surface area contributed by atoms with Crippen LogP contribution in [0.2, 0.25) is 0 Å². The Bertz CT molecular complexity index is 518. The molecule has 1 aliphatic rings. The van der Waals surface area contributed by atoms with Gasteiger partial charge in [-0.1, -0.05) is 26.1 Å². The summed E-state index contributed by atoms with van der Waals surface area (Å²) in [6.45, 7) is 11.0. The summed E-state index contributed by atoms with van der Waals surface area (Å²) in [5.41, 5.74) is 6.77. The summed E-state index contributed by atoms with van der Waals surface area (Å²) in [7, 11) is 0. The van der Waals surface area contributed by atoms with Gasteiger partial charge in [-0.2, -0.15) is 0 Å². The van der Waals surface area contributed by atoms with Crippen LogP contribution in [0.15, 0.2) is 48.0 Å². The monoisotopic (exact) mass is 287 g/mol. The van der Waals surface area contributed by atoms with E-state index < -0.39 is 0 Å². The molecule has 0 spiro atoms. The average Bonchev–Trinajstić information content (AvgIpc) is 2.49. The molecule has 0 amide bonds. The van der Waals surface area contributed by atoms with Crippen LogP contribution in [0.25, 0.3) is 0 Å². The fourth-order valence-corrected chi connectivity index (χ4v) is 2.31. The van der Waals surface area contributed by atoms with Gasteiger partial charge >= 0.3 is 0 Å². The number of hydrogen-bond donors (Lipinski definition) is 1. The van der Waals surface area contributed by atoms with E-state index in [-0.39, 0.29) is 8.85 Å². The molecule has 0 radical (unpaired) electrons. The van der Waals surface area contributed by atoms with Crippen molar-refractivity contribution in [1.29, 1.82) is 0 Å². The lowest BCUT2D eigenvalue weighted by molar-refractivity contribution is 0.278. The van der Waals surface area contributed by atoms with E-state index in [9.17, 15) is 0 Å². The molecule has 0 atom stereocenters. The van der Waals surface area contributed by atoms with Crippen LogP contribution in [0.4, 0.5) is 5.82 Å². The highest BCUT2D eigenvalue weighted by Gasteiger charge is 2.14. The molecule has 3 heteroatoms. The predicted molar refractivity (Wildman–Crippen MR) is 93.5 cm³/mol. The Morgan fingerprint density at radius 3 is 2.71 bits per heavy atom. The third-order valence-electron chi connectivity index (χ3n) is 3.65. The maximum atomic E-state index is 4.39. The normalized spacial score (nSPS) is 16.1. The first-order valence-electron chi connectivity index (χ1n) is 7.16. The van der Waals surface area contributed by atoms with E-state index in [2.05, 4.69) is 46.6 Å². The van der Waals surface area contributed by atoms with E-state index in [1.54, 1.807) is 0 Å². The summed E-state index contributed by atoms with van der Waals surface area (Å²) in [5, 5.41) is 3.40. The molecule has 0 aromatic carbocycles. The Kier molecular flexibility index (Phi) is 6.93. The number of likely N-dealkylation sites (tertiary alicyclic amines) is 1. The van der Waals surface area contributed by atoms with Gasteiger partial charge in [0.2, 0.25) is 0 Å². The second kappa shape index (κ2) is 8.46. The molecule has 0 saturated carbocycles. The number of aryl methyl sites for hydroxylation is 1. The number of anilines is 1. The first kappa shape index (κ1) is 17.2. The molecular weight excluding hydrogens is 258 g/mol. The predicted octanol–water partition coefficient (Wildman–Crippen LogP) is 4.39. The van der Waals surface area contributed by atoms with E-state index in [1.165, 1.54) is 16.8 Å². The van der Waals surface area contributed by atoms with Crippen LogP contribution in [0, 0.1) is 6.92 Å². The number of nitrogens with one attached hydrogen (secondary N) is 1. The van der Waals surface area contributed by atoms with Crippen molar-refractivity contribution < 1.29 is 1.43 Å². The molecule has 1 aromatic rings. The minimum Gasteiger partial charge on any atom is -0.343 e. The van der Waals surface area contributed by atoms with Gasteiger partial charge in [-0.25, -0.2) is 4.98 Å². The summed E-state index contributed by atoms with van der Waals surface area (Å²) < 4.78 is 0. The number of pyridine rings is 1. The van der Waals surface area contributed by atoms with Crippen molar-refractivity contribution in [3.8, 4) is 0 Å². The smallest absolute Gasteiger partial charge is 0.130 e. The number of allylic oxidation sites excluding steroid dienone is 1. The fraction of sp³-hybridized carbons (Fsp3) is 0.444. The number of rotatable bonds is 4. The molecule has 0 bridgehead atoms. The van der Waals surface area contributed by atoms with Gasteiger partial charge in [0.1, 0.15) is 5.82 Å². The van der Waals surface area contributed by atoms with Crippen LogP contribution in [0.1, 0.15) is 34.2 Å². The molecule has 2 heterocycles. The fourth-order valence-electron chi connectivity index (χ4n) is 2.31. The lowest BCUT2D eigenvalue weighted by Gasteiger charge is -2.28. The molecule has 1 N–H and O–H groups in total. The first-order chi connectivity index (χ1) is 9.71.